The fourth-order valence-corrected chi connectivity index (χ4v) is 2.97. The number of rotatable bonds is 3. The Balaban J connectivity index is 1.77. The monoisotopic (exact) mass is 295 g/mol. The Hall–Kier alpha value is -2.29. The molecule has 1 heterocycles. The van der Waals surface area contributed by atoms with Crippen LogP contribution in [0.25, 0.3) is 0 Å². The number of benzene rings is 2. The largest absolute Gasteiger partial charge is 0.481 e. The van der Waals surface area contributed by atoms with Crippen LogP contribution in [0.3, 0.4) is 0 Å². The van der Waals surface area contributed by atoms with E-state index in [1.54, 1.807) is 0 Å². The summed E-state index contributed by atoms with van der Waals surface area (Å²) in [6, 6.07) is 16.0. The van der Waals surface area contributed by atoms with Crippen LogP contribution in [0.15, 0.2) is 48.5 Å². The minimum absolute atomic E-state index is 0.0121. The Morgan fingerprint density at radius 2 is 1.86 bits per heavy atom. The fourth-order valence-electron chi connectivity index (χ4n) is 2.97. The van der Waals surface area contributed by atoms with Crippen molar-refractivity contribution in [1.29, 1.82) is 0 Å². The van der Waals surface area contributed by atoms with Crippen LogP contribution in [0.4, 0.5) is 5.69 Å². The number of amides is 1. The van der Waals surface area contributed by atoms with Gasteiger partial charge < -0.3 is 9.64 Å². The predicted octanol–water partition coefficient (Wildman–Crippen LogP) is 3.74. The average molecular weight is 295 g/mol. The maximum absolute atomic E-state index is 12.8. The van der Waals surface area contributed by atoms with Gasteiger partial charge in [-0.2, -0.15) is 0 Å². The summed E-state index contributed by atoms with van der Waals surface area (Å²) in [4.78, 5) is 14.7. The number of anilines is 1. The van der Waals surface area contributed by atoms with Crippen LogP contribution in [0, 0.1) is 6.92 Å². The number of carbonyl (C=O) groups excluding carboxylic acids is 1. The Morgan fingerprint density at radius 1 is 1.18 bits per heavy atom. The molecule has 0 fully saturated rings. The molecule has 3 heteroatoms. The SMILES string of the molecule is Cc1ccc(O[C@@H](C)C(=O)N2c3ccccc3C[C@H]2C)cc1. The molecule has 3 nitrogen and oxygen atoms in total. The van der Waals surface area contributed by atoms with E-state index in [4.69, 9.17) is 4.74 Å². The smallest absolute Gasteiger partial charge is 0.268 e. The van der Waals surface area contributed by atoms with Gasteiger partial charge in [0.05, 0.1) is 0 Å². The standard InChI is InChI=1S/C19H21NO2/c1-13-8-10-17(11-9-13)22-15(3)19(21)20-14(2)12-16-6-4-5-7-18(16)20/h4-11,14-15H,12H2,1-3H3/t14-,15+/m1/s1. The summed E-state index contributed by atoms with van der Waals surface area (Å²) >= 11 is 0. The van der Waals surface area contributed by atoms with E-state index in [1.165, 1.54) is 11.1 Å². The second-order valence-corrected chi connectivity index (χ2v) is 5.96. The van der Waals surface area contributed by atoms with Gasteiger partial charge in [-0.05, 0) is 51.0 Å². The minimum Gasteiger partial charge on any atom is -0.481 e. The predicted molar refractivity (Wildman–Crippen MR) is 88.4 cm³/mol. The van der Waals surface area contributed by atoms with Gasteiger partial charge in [0.1, 0.15) is 5.75 Å². The first kappa shape index (κ1) is 14.6. The molecule has 2 aromatic carbocycles. The average Bonchev–Trinajstić information content (AvgIpc) is 2.84. The van der Waals surface area contributed by atoms with E-state index >= 15 is 0 Å². The van der Waals surface area contributed by atoms with Crippen molar-refractivity contribution < 1.29 is 9.53 Å². The number of hydrogen-bond acceptors (Lipinski definition) is 2. The molecule has 0 spiro atoms. The van der Waals surface area contributed by atoms with Crippen molar-refractivity contribution in [3.05, 3.63) is 59.7 Å². The van der Waals surface area contributed by atoms with E-state index in [0.29, 0.717) is 0 Å². The highest BCUT2D eigenvalue weighted by molar-refractivity contribution is 5.99. The highest BCUT2D eigenvalue weighted by Crippen LogP contribution is 2.32. The normalized spacial score (nSPS) is 18.0. The minimum atomic E-state index is -0.503. The molecule has 2 aromatic rings. The Labute approximate surface area is 131 Å². The van der Waals surface area contributed by atoms with Crippen molar-refractivity contribution in [3.63, 3.8) is 0 Å². The molecule has 0 aliphatic carbocycles. The van der Waals surface area contributed by atoms with Crippen molar-refractivity contribution >= 4 is 11.6 Å². The molecule has 0 saturated carbocycles. The lowest BCUT2D eigenvalue weighted by Gasteiger charge is -2.26. The molecule has 2 atom stereocenters. The van der Waals surface area contributed by atoms with Crippen molar-refractivity contribution in [2.45, 2.75) is 39.3 Å². The van der Waals surface area contributed by atoms with Gasteiger partial charge in [-0.1, -0.05) is 35.9 Å². The van der Waals surface area contributed by atoms with Crippen LogP contribution in [0.1, 0.15) is 25.0 Å². The van der Waals surface area contributed by atoms with Gasteiger partial charge in [-0.3, -0.25) is 4.79 Å². The first-order valence-corrected chi connectivity index (χ1v) is 7.70. The third-order valence-corrected chi connectivity index (χ3v) is 4.13. The van der Waals surface area contributed by atoms with Crippen LogP contribution in [-0.4, -0.2) is 18.1 Å². The van der Waals surface area contributed by atoms with Crippen LogP contribution in [-0.2, 0) is 11.2 Å². The summed E-state index contributed by atoms with van der Waals surface area (Å²) in [5.41, 5.74) is 3.42. The zero-order chi connectivity index (χ0) is 15.7. The van der Waals surface area contributed by atoms with E-state index in [0.717, 1.165) is 17.9 Å². The molecule has 0 unspecified atom stereocenters. The number of aryl methyl sites for hydroxylation is 1. The maximum atomic E-state index is 12.8. The van der Waals surface area contributed by atoms with Crippen LogP contribution in [0.5, 0.6) is 5.75 Å². The second-order valence-electron chi connectivity index (χ2n) is 5.96. The van der Waals surface area contributed by atoms with Gasteiger partial charge in [0.25, 0.3) is 5.91 Å². The summed E-state index contributed by atoms with van der Waals surface area (Å²) in [5.74, 6) is 0.740. The van der Waals surface area contributed by atoms with Gasteiger partial charge in [0.15, 0.2) is 6.10 Å². The van der Waals surface area contributed by atoms with Crippen molar-refractivity contribution in [2.75, 3.05) is 4.90 Å². The Bertz CT molecular complexity index is 678. The van der Waals surface area contributed by atoms with E-state index in [2.05, 4.69) is 13.0 Å². The van der Waals surface area contributed by atoms with E-state index in [9.17, 15) is 4.79 Å². The molecule has 0 N–H and O–H groups in total. The van der Waals surface area contributed by atoms with Gasteiger partial charge in [-0.25, -0.2) is 0 Å². The lowest BCUT2D eigenvalue weighted by molar-refractivity contribution is -0.124. The Kier molecular flexibility index (Phi) is 3.88. The number of hydrogen-bond donors (Lipinski definition) is 0. The Morgan fingerprint density at radius 3 is 2.59 bits per heavy atom. The highest BCUT2D eigenvalue weighted by atomic mass is 16.5. The zero-order valence-electron chi connectivity index (χ0n) is 13.2. The van der Waals surface area contributed by atoms with Gasteiger partial charge in [0, 0.05) is 11.7 Å². The topological polar surface area (TPSA) is 29.5 Å². The third kappa shape index (κ3) is 2.71. The summed E-state index contributed by atoms with van der Waals surface area (Å²) in [6.07, 6.45) is 0.399. The van der Waals surface area contributed by atoms with Gasteiger partial charge in [-0.15, -0.1) is 0 Å². The second kappa shape index (κ2) is 5.84. The van der Waals surface area contributed by atoms with Crippen LogP contribution in [0.2, 0.25) is 0 Å². The fraction of sp³-hybridized carbons (Fsp3) is 0.316. The van der Waals surface area contributed by atoms with E-state index < -0.39 is 6.10 Å². The van der Waals surface area contributed by atoms with Crippen molar-refractivity contribution in [3.8, 4) is 5.75 Å². The third-order valence-electron chi connectivity index (χ3n) is 4.13. The summed E-state index contributed by atoms with van der Waals surface area (Å²) in [6.45, 7) is 5.92. The molecule has 1 amide bonds. The number of para-hydroxylation sites is 1. The van der Waals surface area contributed by atoms with E-state index in [-0.39, 0.29) is 11.9 Å². The molecule has 0 radical (unpaired) electrons. The first-order valence-electron chi connectivity index (χ1n) is 7.70. The quantitative estimate of drug-likeness (QED) is 0.863. The molecule has 0 aromatic heterocycles. The molecular weight excluding hydrogens is 274 g/mol. The maximum Gasteiger partial charge on any atom is 0.268 e. The molecular formula is C19H21NO2. The molecule has 1 aliphatic rings. The van der Waals surface area contributed by atoms with Crippen LogP contribution < -0.4 is 9.64 Å². The van der Waals surface area contributed by atoms with Crippen LogP contribution >= 0.6 is 0 Å². The molecule has 22 heavy (non-hydrogen) atoms. The van der Waals surface area contributed by atoms with Gasteiger partial charge >= 0.3 is 0 Å². The highest BCUT2D eigenvalue weighted by Gasteiger charge is 2.33. The number of nitrogens with zero attached hydrogens (tertiary/aromatic N) is 1. The number of ether oxygens (including phenoxy) is 1. The first-order chi connectivity index (χ1) is 10.6. The molecule has 3 rings (SSSR count). The van der Waals surface area contributed by atoms with E-state index in [1.807, 2.05) is 61.2 Å². The summed E-state index contributed by atoms with van der Waals surface area (Å²) in [7, 11) is 0. The van der Waals surface area contributed by atoms with Gasteiger partial charge in [0.2, 0.25) is 0 Å². The lowest BCUT2D eigenvalue weighted by Crippen LogP contribution is -2.43. The summed E-state index contributed by atoms with van der Waals surface area (Å²) in [5, 5.41) is 0. The lowest BCUT2D eigenvalue weighted by atomic mass is 10.1. The number of carbonyl (C=O) groups is 1. The molecule has 114 valence electrons. The summed E-state index contributed by atoms with van der Waals surface area (Å²) < 4.78 is 5.82. The number of fused-ring (bicyclic) bond motifs is 1. The zero-order valence-corrected chi connectivity index (χ0v) is 13.2. The van der Waals surface area contributed by atoms with Crippen molar-refractivity contribution in [2.24, 2.45) is 0 Å². The van der Waals surface area contributed by atoms with Crippen molar-refractivity contribution in [1.82, 2.24) is 0 Å². The molecule has 0 saturated heterocycles. The molecule has 0 bridgehead atoms. The molecule has 1 aliphatic heterocycles.